The fraction of sp³-hybridized carbons (Fsp3) is 0.333. The zero-order valence-electron chi connectivity index (χ0n) is 16.6. The van der Waals surface area contributed by atoms with E-state index in [0.29, 0.717) is 19.0 Å². The third-order valence-corrected chi connectivity index (χ3v) is 5.12. The van der Waals surface area contributed by atoms with Gasteiger partial charge in [-0.05, 0) is 30.3 Å². The summed E-state index contributed by atoms with van der Waals surface area (Å²) >= 11 is 0. The van der Waals surface area contributed by atoms with Crippen LogP contribution in [0.4, 0.5) is 13.2 Å². The molecule has 0 saturated carbocycles. The molecule has 0 unspecified atom stereocenters. The molecule has 158 valence electrons. The van der Waals surface area contributed by atoms with Crippen LogP contribution in [-0.2, 0) is 26.6 Å². The molecule has 2 aromatic heterocycles. The number of fused-ring (bicyclic) bond motifs is 1. The number of imidazole rings is 1. The molecule has 1 aliphatic heterocycles. The van der Waals surface area contributed by atoms with Gasteiger partial charge in [-0.1, -0.05) is 6.07 Å². The number of hydrogen-bond donors (Lipinski definition) is 0. The van der Waals surface area contributed by atoms with Crippen LogP contribution in [0.2, 0.25) is 0 Å². The van der Waals surface area contributed by atoms with Gasteiger partial charge in [0.15, 0.2) is 0 Å². The van der Waals surface area contributed by atoms with Gasteiger partial charge in [0.05, 0.1) is 18.5 Å². The Morgan fingerprint density at radius 3 is 2.60 bits per heavy atom. The lowest BCUT2D eigenvalue weighted by atomic mass is 10.1. The van der Waals surface area contributed by atoms with Gasteiger partial charge >= 0.3 is 6.36 Å². The van der Waals surface area contributed by atoms with E-state index in [2.05, 4.69) is 14.6 Å². The third-order valence-electron chi connectivity index (χ3n) is 5.12. The van der Waals surface area contributed by atoms with E-state index in [1.807, 2.05) is 23.7 Å². The highest BCUT2D eigenvalue weighted by Gasteiger charge is 2.31. The average Bonchev–Trinajstić information content (AvgIpc) is 3.04. The highest BCUT2D eigenvalue weighted by Crippen LogP contribution is 2.29. The van der Waals surface area contributed by atoms with E-state index < -0.39 is 6.36 Å². The first-order chi connectivity index (χ1) is 14.3. The number of hydrogen-bond acceptors (Lipinski definition) is 5. The standard InChI is InChI=1S/C21H21F3N4O2/c1-27-18-13-28(12-15-4-3-10-25-20(15)29-2)11-9-17(18)26-19(27)14-5-7-16(8-6-14)30-21(22,23)24/h3-8,10H,9,11-13H2,1-2H3. The zero-order chi connectivity index (χ0) is 21.3. The van der Waals surface area contributed by atoms with E-state index in [9.17, 15) is 13.2 Å². The molecule has 0 fully saturated rings. The van der Waals surface area contributed by atoms with Crippen molar-refractivity contribution in [2.45, 2.75) is 25.9 Å². The molecule has 0 spiro atoms. The fourth-order valence-electron chi connectivity index (χ4n) is 3.71. The number of pyridine rings is 1. The Labute approximate surface area is 171 Å². The minimum atomic E-state index is -4.70. The Hall–Kier alpha value is -3.07. The minimum absolute atomic E-state index is 0.248. The SMILES string of the molecule is COc1ncccc1CN1CCc2nc(-c3ccc(OC(F)(F)F)cc3)n(C)c2C1. The highest BCUT2D eigenvalue weighted by molar-refractivity contribution is 5.58. The highest BCUT2D eigenvalue weighted by atomic mass is 19.4. The number of ether oxygens (including phenoxy) is 2. The summed E-state index contributed by atoms with van der Waals surface area (Å²) < 4.78 is 48.4. The molecule has 3 aromatic rings. The zero-order valence-corrected chi connectivity index (χ0v) is 16.6. The Balaban J connectivity index is 1.53. The molecule has 6 nitrogen and oxygen atoms in total. The number of nitrogens with zero attached hydrogens (tertiary/aromatic N) is 4. The maximum atomic E-state index is 12.4. The van der Waals surface area contributed by atoms with E-state index in [-0.39, 0.29) is 5.75 Å². The van der Waals surface area contributed by atoms with E-state index >= 15 is 0 Å². The lowest BCUT2D eigenvalue weighted by Crippen LogP contribution is -2.31. The molecule has 0 aliphatic carbocycles. The molecule has 0 N–H and O–H groups in total. The topological polar surface area (TPSA) is 52.4 Å². The quantitative estimate of drug-likeness (QED) is 0.628. The maximum Gasteiger partial charge on any atom is 0.573 e. The smallest absolute Gasteiger partial charge is 0.481 e. The summed E-state index contributed by atoms with van der Waals surface area (Å²) in [5.74, 6) is 1.09. The molecule has 0 amide bonds. The number of aromatic nitrogens is 3. The normalized spacial score (nSPS) is 14.4. The Bertz CT molecular complexity index is 1030. The van der Waals surface area contributed by atoms with Crippen molar-refractivity contribution in [1.29, 1.82) is 0 Å². The lowest BCUT2D eigenvalue weighted by Gasteiger charge is -2.27. The van der Waals surface area contributed by atoms with Crippen LogP contribution >= 0.6 is 0 Å². The predicted octanol–water partition coefficient (Wildman–Crippen LogP) is 3.95. The number of benzene rings is 1. The van der Waals surface area contributed by atoms with Gasteiger partial charge < -0.3 is 14.0 Å². The maximum absolute atomic E-state index is 12.4. The molecule has 1 aromatic carbocycles. The molecular formula is C21H21F3N4O2. The molecule has 4 rings (SSSR count). The van der Waals surface area contributed by atoms with Crippen molar-refractivity contribution in [3.63, 3.8) is 0 Å². The number of alkyl halides is 3. The Morgan fingerprint density at radius 2 is 1.90 bits per heavy atom. The van der Waals surface area contributed by atoms with E-state index in [1.54, 1.807) is 25.4 Å². The van der Waals surface area contributed by atoms with Crippen LogP contribution in [0.25, 0.3) is 11.4 Å². The lowest BCUT2D eigenvalue weighted by molar-refractivity contribution is -0.274. The minimum Gasteiger partial charge on any atom is -0.481 e. The molecule has 0 atom stereocenters. The Kier molecular flexibility index (Phi) is 5.38. The van der Waals surface area contributed by atoms with Crippen molar-refractivity contribution >= 4 is 0 Å². The molecule has 9 heteroatoms. The fourth-order valence-corrected chi connectivity index (χ4v) is 3.71. The second kappa shape index (κ2) is 7.98. The van der Waals surface area contributed by atoms with E-state index in [4.69, 9.17) is 9.72 Å². The van der Waals surface area contributed by atoms with Crippen molar-refractivity contribution in [2.75, 3.05) is 13.7 Å². The van der Waals surface area contributed by atoms with E-state index in [0.717, 1.165) is 41.3 Å². The first-order valence-corrected chi connectivity index (χ1v) is 9.45. The largest absolute Gasteiger partial charge is 0.573 e. The monoisotopic (exact) mass is 418 g/mol. The van der Waals surface area contributed by atoms with Crippen LogP contribution in [0.3, 0.4) is 0 Å². The van der Waals surface area contributed by atoms with Crippen LogP contribution in [0, 0.1) is 0 Å². The van der Waals surface area contributed by atoms with Crippen molar-refractivity contribution in [2.24, 2.45) is 7.05 Å². The van der Waals surface area contributed by atoms with Gasteiger partial charge in [-0.3, -0.25) is 4.90 Å². The molecule has 0 saturated heterocycles. The van der Waals surface area contributed by atoms with Crippen LogP contribution in [0.15, 0.2) is 42.6 Å². The average molecular weight is 418 g/mol. The molecular weight excluding hydrogens is 397 g/mol. The molecule has 1 aliphatic rings. The van der Waals surface area contributed by atoms with E-state index in [1.165, 1.54) is 12.1 Å². The van der Waals surface area contributed by atoms with Crippen molar-refractivity contribution < 1.29 is 22.6 Å². The van der Waals surface area contributed by atoms with Crippen molar-refractivity contribution in [3.05, 3.63) is 59.5 Å². The van der Waals surface area contributed by atoms with Gasteiger partial charge in [-0.25, -0.2) is 9.97 Å². The first-order valence-electron chi connectivity index (χ1n) is 9.45. The third kappa shape index (κ3) is 4.25. The summed E-state index contributed by atoms with van der Waals surface area (Å²) in [5.41, 5.74) is 3.86. The molecule has 3 heterocycles. The van der Waals surface area contributed by atoms with Crippen LogP contribution < -0.4 is 9.47 Å². The number of rotatable bonds is 5. The summed E-state index contributed by atoms with van der Waals surface area (Å²) in [6.45, 7) is 2.27. The van der Waals surface area contributed by atoms with Crippen LogP contribution in [0.1, 0.15) is 17.0 Å². The van der Waals surface area contributed by atoms with Crippen LogP contribution in [0.5, 0.6) is 11.6 Å². The van der Waals surface area contributed by atoms with Gasteiger partial charge in [0.2, 0.25) is 5.88 Å². The summed E-state index contributed by atoms with van der Waals surface area (Å²) in [6.07, 6.45) is -2.21. The van der Waals surface area contributed by atoms with Crippen molar-refractivity contribution in [1.82, 2.24) is 19.4 Å². The number of methoxy groups -OCH3 is 1. The molecule has 30 heavy (non-hydrogen) atoms. The summed E-state index contributed by atoms with van der Waals surface area (Å²) in [6, 6.07) is 9.68. The summed E-state index contributed by atoms with van der Waals surface area (Å²) in [4.78, 5) is 11.3. The van der Waals surface area contributed by atoms with Gasteiger partial charge in [-0.15, -0.1) is 13.2 Å². The van der Waals surface area contributed by atoms with Crippen molar-refractivity contribution in [3.8, 4) is 23.0 Å². The Morgan fingerprint density at radius 1 is 1.13 bits per heavy atom. The predicted molar refractivity (Wildman–Crippen MR) is 104 cm³/mol. The summed E-state index contributed by atoms with van der Waals surface area (Å²) in [7, 11) is 3.54. The van der Waals surface area contributed by atoms with Gasteiger partial charge in [0, 0.05) is 50.4 Å². The second-order valence-corrected chi connectivity index (χ2v) is 7.09. The summed E-state index contributed by atoms with van der Waals surface area (Å²) in [5, 5.41) is 0. The van der Waals surface area contributed by atoms with Gasteiger partial charge in [0.1, 0.15) is 11.6 Å². The van der Waals surface area contributed by atoms with Gasteiger partial charge in [-0.2, -0.15) is 0 Å². The second-order valence-electron chi connectivity index (χ2n) is 7.09. The number of halogens is 3. The van der Waals surface area contributed by atoms with Crippen LogP contribution in [-0.4, -0.2) is 39.5 Å². The molecule has 0 bridgehead atoms. The first kappa shape index (κ1) is 20.2. The van der Waals surface area contributed by atoms with Gasteiger partial charge in [0.25, 0.3) is 0 Å². The molecule has 0 radical (unpaired) electrons.